The number of nitrogens with two attached hydrogens (primary N) is 1. The molecule has 5 rings (SSSR count). The summed E-state index contributed by atoms with van der Waals surface area (Å²) in [7, 11) is -4.11. The first-order valence-electron chi connectivity index (χ1n) is 12.2. The van der Waals surface area contributed by atoms with Gasteiger partial charge in [-0.25, -0.2) is 12.7 Å². The van der Waals surface area contributed by atoms with Gasteiger partial charge in [-0.3, -0.25) is 9.98 Å². The monoisotopic (exact) mass is 542 g/mol. The van der Waals surface area contributed by atoms with Crippen LogP contribution in [0.25, 0.3) is 10.8 Å². The molecule has 0 atom stereocenters. The van der Waals surface area contributed by atoms with Crippen molar-refractivity contribution in [1.82, 2.24) is 4.98 Å². The van der Waals surface area contributed by atoms with Gasteiger partial charge in [0, 0.05) is 28.9 Å². The molecular formula is C28H26N6O2S2. The molecule has 10 heteroatoms. The third-order valence-electron chi connectivity index (χ3n) is 6.52. The highest BCUT2D eigenvalue weighted by molar-refractivity contribution is 7.93. The first kappa shape index (κ1) is 25.6. The van der Waals surface area contributed by atoms with Crippen molar-refractivity contribution < 1.29 is 8.42 Å². The van der Waals surface area contributed by atoms with Crippen LogP contribution in [0.15, 0.2) is 82.0 Å². The van der Waals surface area contributed by atoms with Crippen molar-refractivity contribution in [1.29, 1.82) is 5.26 Å². The molecule has 0 bridgehead atoms. The SMILES string of the molecule is N#Cc1c(N(C/C(C=NCc2cccnc2)=N/N)S(=O)(=O)c2cccc3ccccc23)sc2c1CCCC2. The third kappa shape index (κ3) is 5.03. The Morgan fingerprint density at radius 3 is 2.74 bits per heavy atom. The van der Waals surface area contributed by atoms with Crippen molar-refractivity contribution in [2.45, 2.75) is 37.1 Å². The number of aromatic nitrogens is 1. The number of aliphatic imine (C=N–C) groups is 1. The predicted molar refractivity (Wildman–Crippen MR) is 152 cm³/mol. The topological polar surface area (TPSA) is 125 Å². The number of sulfonamides is 1. The van der Waals surface area contributed by atoms with Crippen LogP contribution < -0.4 is 10.1 Å². The van der Waals surface area contributed by atoms with Gasteiger partial charge in [-0.15, -0.1) is 11.3 Å². The lowest BCUT2D eigenvalue weighted by Crippen LogP contribution is -2.36. The second-order valence-corrected chi connectivity index (χ2v) is 11.9. The molecule has 2 heterocycles. The number of nitrogens with zero attached hydrogens (tertiary/aromatic N) is 5. The second-order valence-electron chi connectivity index (χ2n) is 8.94. The maximum Gasteiger partial charge on any atom is 0.265 e. The lowest BCUT2D eigenvalue weighted by atomic mass is 9.96. The van der Waals surface area contributed by atoms with Crippen LogP contribution in [-0.4, -0.2) is 31.9 Å². The zero-order chi connectivity index (χ0) is 26.5. The number of hydrogen-bond donors (Lipinski definition) is 1. The van der Waals surface area contributed by atoms with Crippen LogP contribution >= 0.6 is 11.3 Å². The minimum Gasteiger partial charge on any atom is -0.323 e. The van der Waals surface area contributed by atoms with E-state index in [0.29, 0.717) is 22.5 Å². The lowest BCUT2D eigenvalue weighted by Gasteiger charge is -2.24. The van der Waals surface area contributed by atoms with Crippen molar-refractivity contribution in [3.8, 4) is 6.07 Å². The Hall–Kier alpha value is -4.07. The number of pyridine rings is 1. The van der Waals surface area contributed by atoms with Crippen LogP contribution in [0.4, 0.5) is 5.00 Å². The van der Waals surface area contributed by atoms with Gasteiger partial charge >= 0.3 is 0 Å². The molecule has 0 radical (unpaired) electrons. The molecule has 0 saturated heterocycles. The van der Waals surface area contributed by atoms with Gasteiger partial charge in [0.15, 0.2) is 0 Å². The van der Waals surface area contributed by atoms with Crippen LogP contribution in [0.1, 0.15) is 34.4 Å². The molecule has 38 heavy (non-hydrogen) atoms. The standard InChI is InChI=1S/C28H26N6O2S2/c29-15-25-24-11-3-4-12-26(24)37-28(25)34(19-22(33-30)18-32-17-20-7-6-14-31-16-20)38(35,36)27-13-5-9-21-8-1-2-10-23(21)27/h1-2,5-10,13-14,16,18H,3-4,11-12,17,19,30H2/b32-18?,33-22+. The Morgan fingerprint density at radius 2 is 1.95 bits per heavy atom. The molecule has 1 aliphatic rings. The summed E-state index contributed by atoms with van der Waals surface area (Å²) in [6, 6.07) is 18.6. The summed E-state index contributed by atoms with van der Waals surface area (Å²) in [5.74, 6) is 5.72. The Labute approximate surface area is 225 Å². The number of rotatable bonds is 8. The van der Waals surface area contributed by atoms with E-state index in [2.05, 4.69) is 21.1 Å². The number of thiophene rings is 1. The molecular weight excluding hydrogens is 516 g/mol. The highest BCUT2D eigenvalue weighted by Gasteiger charge is 2.33. The predicted octanol–water partition coefficient (Wildman–Crippen LogP) is 4.83. The molecule has 192 valence electrons. The fourth-order valence-electron chi connectivity index (χ4n) is 4.66. The van der Waals surface area contributed by atoms with E-state index in [0.717, 1.165) is 47.1 Å². The van der Waals surface area contributed by atoms with E-state index in [4.69, 9.17) is 5.84 Å². The van der Waals surface area contributed by atoms with Gasteiger partial charge in [-0.1, -0.05) is 42.5 Å². The van der Waals surface area contributed by atoms with E-state index >= 15 is 0 Å². The maximum atomic E-state index is 14.3. The molecule has 0 unspecified atom stereocenters. The Balaban J connectivity index is 1.59. The number of hydrogen-bond acceptors (Lipinski definition) is 8. The van der Waals surface area contributed by atoms with Crippen LogP contribution in [0.2, 0.25) is 0 Å². The summed E-state index contributed by atoms with van der Waals surface area (Å²) in [5, 5.41) is 15.8. The molecule has 0 spiro atoms. The lowest BCUT2D eigenvalue weighted by molar-refractivity contribution is 0.594. The average molecular weight is 543 g/mol. The smallest absolute Gasteiger partial charge is 0.265 e. The summed E-state index contributed by atoms with van der Waals surface area (Å²) < 4.78 is 30.0. The molecule has 0 fully saturated rings. The zero-order valence-corrected chi connectivity index (χ0v) is 22.3. The van der Waals surface area contributed by atoms with E-state index in [1.165, 1.54) is 21.9 Å². The largest absolute Gasteiger partial charge is 0.323 e. The number of fused-ring (bicyclic) bond motifs is 2. The van der Waals surface area contributed by atoms with Crippen molar-refractivity contribution in [3.05, 3.63) is 88.6 Å². The van der Waals surface area contributed by atoms with Crippen molar-refractivity contribution in [3.63, 3.8) is 0 Å². The van der Waals surface area contributed by atoms with Crippen molar-refractivity contribution in [2.24, 2.45) is 15.9 Å². The number of nitriles is 1. The van der Waals surface area contributed by atoms with Gasteiger partial charge in [0.1, 0.15) is 11.1 Å². The molecule has 2 aromatic heterocycles. The average Bonchev–Trinajstić information content (AvgIpc) is 3.33. The number of anilines is 1. The van der Waals surface area contributed by atoms with Crippen LogP contribution in [0.3, 0.4) is 0 Å². The fraction of sp³-hybridized carbons (Fsp3) is 0.214. The highest BCUT2D eigenvalue weighted by atomic mass is 32.2. The normalized spacial score (nSPS) is 13.9. The zero-order valence-electron chi connectivity index (χ0n) is 20.6. The van der Waals surface area contributed by atoms with E-state index < -0.39 is 10.0 Å². The van der Waals surface area contributed by atoms with E-state index in [-0.39, 0.29) is 17.2 Å². The number of hydrazone groups is 1. The third-order valence-corrected chi connectivity index (χ3v) is 9.75. The Bertz CT molecular complexity index is 1670. The molecule has 0 amide bonds. The molecule has 1 aliphatic carbocycles. The fourth-order valence-corrected chi connectivity index (χ4v) is 7.87. The molecule has 2 N–H and O–H groups in total. The van der Waals surface area contributed by atoms with E-state index in [1.54, 1.807) is 30.6 Å². The summed E-state index contributed by atoms with van der Waals surface area (Å²) in [4.78, 5) is 9.73. The van der Waals surface area contributed by atoms with E-state index in [1.807, 2.05) is 36.4 Å². The highest BCUT2D eigenvalue weighted by Crippen LogP contribution is 2.42. The summed E-state index contributed by atoms with van der Waals surface area (Å²) >= 11 is 1.37. The van der Waals surface area contributed by atoms with Gasteiger partial charge in [0.25, 0.3) is 10.0 Å². The summed E-state index contributed by atoms with van der Waals surface area (Å²) in [6.45, 7) is 0.187. The summed E-state index contributed by atoms with van der Waals surface area (Å²) in [5.41, 5.74) is 2.54. The molecule has 4 aromatic rings. The second kappa shape index (κ2) is 11.1. The number of benzene rings is 2. The Morgan fingerprint density at radius 1 is 1.13 bits per heavy atom. The van der Waals surface area contributed by atoms with Crippen molar-refractivity contribution >= 4 is 49.1 Å². The first-order chi connectivity index (χ1) is 18.5. The molecule has 8 nitrogen and oxygen atoms in total. The first-order valence-corrected chi connectivity index (χ1v) is 14.5. The van der Waals surface area contributed by atoms with Gasteiger partial charge in [-0.2, -0.15) is 10.4 Å². The van der Waals surface area contributed by atoms with E-state index in [9.17, 15) is 13.7 Å². The van der Waals surface area contributed by atoms with Gasteiger partial charge in [0.2, 0.25) is 0 Å². The van der Waals surface area contributed by atoms with Gasteiger partial charge < -0.3 is 5.84 Å². The van der Waals surface area contributed by atoms with Crippen LogP contribution in [0, 0.1) is 11.3 Å². The minimum atomic E-state index is -4.11. The van der Waals surface area contributed by atoms with Gasteiger partial charge in [-0.05, 0) is 54.3 Å². The Kier molecular flexibility index (Phi) is 7.49. The molecule has 0 saturated carbocycles. The summed E-state index contributed by atoms with van der Waals surface area (Å²) in [6.07, 6.45) is 8.47. The van der Waals surface area contributed by atoms with Crippen LogP contribution in [-0.2, 0) is 29.4 Å². The molecule has 2 aromatic carbocycles. The quantitative estimate of drug-likeness (QED) is 0.194. The van der Waals surface area contributed by atoms with Crippen LogP contribution in [0.5, 0.6) is 0 Å². The maximum absolute atomic E-state index is 14.3. The van der Waals surface area contributed by atoms with Gasteiger partial charge in [0.05, 0.1) is 29.3 Å². The minimum absolute atomic E-state index is 0.160. The van der Waals surface area contributed by atoms with Crippen molar-refractivity contribution in [2.75, 3.05) is 10.8 Å². The number of aryl methyl sites for hydroxylation is 1. The molecule has 0 aliphatic heterocycles.